The van der Waals surface area contributed by atoms with E-state index in [4.69, 9.17) is 9.82 Å². The number of carboxylic acid groups (broad SMARTS) is 1. The number of aliphatic carboxylic acids is 1. The largest absolute Gasteiger partial charge is 0.481 e. The summed E-state index contributed by atoms with van der Waals surface area (Å²) in [5.41, 5.74) is 3.38. The van der Waals surface area contributed by atoms with Gasteiger partial charge in [0.25, 0.3) is 5.91 Å². The van der Waals surface area contributed by atoms with Crippen LogP contribution >= 0.6 is 15.9 Å². The molecule has 1 aliphatic carbocycles. The van der Waals surface area contributed by atoms with Crippen molar-refractivity contribution >= 4 is 44.4 Å². The summed E-state index contributed by atoms with van der Waals surface area (Å²) in [6.07, 6.45) is 2.30. The fourth-order valence-corrected chi connectivity index (χ4v) is 5.64. The first-order valence-corrected chi connectivity index (χ1v) is 13.9. The number of carbonyl (C=O) groups excluding carboxylic acids is 1. The number of halogens is 1. The fraction of sp³-hybridized carbons (Fsp3) is 0.400. The molecule has 1 amide bonds. The first-order valence-electron chi connectivity index (χ1n) is 13.1. The molecule has 3 aromatic rings. The van der Waals surface area contributed by atoms with E-state index < -0.39 is 17.4 Å². The number of fused-ring (bicyclic) bond motifs is 1. The standard InChI is InChI=1S/C30H34BrN3O4/c1-5-14-30(29(36)37)15-13-24(25(17-30)34-38-18(2)3)33-28(35)26-19(4)27(20-9-7-6-8-10-20)32-23-12-11-21(31)16-22(23)26/h6-12,16,18,24H,5,13-15,17H2,1-4H3,(H,33,35)(H,36,37)/b34-25+. The lowest BCUT2D eigenvalue weighted by Gasteiger charge is -2.37. The van der Waals surface area contributed by atoms with Crippen LogP contribution in [0.25, 0.3) is 22.2 Å². The quantitative estimate of drug-likeness (QED) is 0.282. The van der Waals surface area contributed by atoms with Crippen molar-refractivity contribution in [2.45, 2.75) is 71.9 Å². The smallest absolute Gasteiger partial charge is 0.310 e. The molecule has 0 radical (unpaired) electrons. The Morgan fingerprint density at radius 2 is 1.97 bits per heavy atom. The summed E-state index contributed by atoms with van der Waals surface area (Å²) in [4.78, 5) is 36.7. The molecule has 7 nitrogen and oxygen atoms in total. The van der Waals surface area contributed by atoms with E-state index in [2.05, 4.69) is 26.4 Å². The van der Waals surface area contributed by atoms with Crippen LogP contribution in [0.4, 0.5) is 0 Å². The van der Waals surface area contributed by atoms with Crippen LogP contribution in [0.3, 0.4) is 0 Å². The van der Waals surface area contributed by atoms with Gasteiger partial charge in [-0.1, -0.05) is 64.8 Å². The molecule has 2 N–H and O–H groups in total. The number of carbonyl (C=O) groups is 2. The van der Waals surface area contributed by atoms with Gasteiger partial charge in [0.15, 0.2) is 0 Å². The molecular formula is C30H34BrN3O4. The summed E-state index contributed by atoms with van der Waals surface area (Å²) in [5.74, 6) is -1.07. The number of amides is 1. The van der Waals surface area contributed by atoms with E-state index in [1.54, 1.807) is 0 Å². The Kier molecular flexibility index (Phi) is 8.51. The third-order valence-corrected chi connectivity index (χ3v) is 7.66. The highest BCUT2D eigenvalue weighted by Crippen LogP contribution is 2.40. The van der Waals surface area contributed by atoms with Gasteiger partial charge in [0.2, 0.25) is 0 Å². The molecule has 1 aliphatic rings. The number of pyridine rings is 1. The van der Waals surface area contributed by atoms with Gasteiger partial charge in [-0.2, -0.15) is 0 Å². The number of hydrogen-bond donors (Lipinski definition) is 2. The van der Waals surface area contributed by atoms with E-state index in [0.29, 0.717) is 30.5 Å². The van der Waals surface area contributed by atoms with Crippen LogP contribution in [0.1, 0.15) is 68.8 Å². The lowest BCUT2D eigenvalue weighted by molar-refractivity contribution is -0.150. The Labute approximate surface area is 231 Å². The Morgan fingerprint density at radius 3 is 2.63 bits per heavy atom. The Balaban J connectivity index is 1.75. The third kappa shape index (κ3) is 5.75. The number of nitrogens with one attached hydrogen (secondary N) is 1. The van der Waals surface area contributed by atoms with Crippen LogP contribution in [-0.2, 0) is 9.63 Å². The van der Waals surface area contributed by atoms with Crippen molar-refractivity contribution in [2.75, 3.05) is 0 Å². The van der Waals surface area contributed by atoms with E-state index in [1.165, 1.54) is 0 Å². The molecule has 38 heavy (non-hydrogen) atoms. The number of rotatable bonds is 8. The van der Waals surface area contributed by atoms with Crippen molar-refractivity contribution in [3.8, 4) is 11.3 Å². The van der Waals surface area contributed by atoms with Crippen molar-refractivity contribution in [1.29, 1.82) is 0 Å². The second-order valence-corrected chi connectivity index (χ2v) is 11.2. The van der Waals surface area contributed by atoms with Gasteiger partial charge in [0.05, 0.1) is 33.9 Å². The van der Waals surface area contributed by atoms with E-state index in [9.17, 15) is 14.7 Å². The number of benzene rings is 2. The molecule has 8 heteroatoms. The molecule has 2 unspecified atom stereocenters. The normalized spacial score (nSPS) is 20.6. The van der Waals surface area contributed by atoms with E-state index >= 15 is 0 Å². The number of hydrogen-bond acceptors (Lipinski definition) is 5. The predicted octanol–water partition coefficient (Wildman–Crippen LogP) is 6.91. The van der Waals surface area contributed by atoms with Crippen LogP contribution in [0.15, 0.2) is 58.2 Å². The van der Waals surface area contributed by atoms with Gasteiger partial charge < -0.3 is 15.3 Å². The van der Waals surface area contributed by atoms with Crippen molar-refractivity contribution < 1.29 is 19.5 Å². The van der Waals surface area contributed by atoms with Gasteiger partial charge in [-0.25, -0.2) is 4.98 Å². The highest BCUT2D eigenvalue weighted by molar-refractivity contribution is 9.10. The van der Waals surface area contributed by atoms with E-state index in [-0.39, 0.29) is 18.4 Å². The minimum Gasteiger partial charge on any atom is -0.481 e. The van der Waals surface area contributed by atoms with Crippen LogP contribution in [0.2, 0.25) is 0 Å². The first kappa shape index (κ1) is 27.8. The van der Waals surface area contributed by atoms with Crippen molar-refractivity contribution in [3.63, 3.8) is 0 Å². The zero-order valence-electron chi connectivity index (χ0n) is 22.3. The zero-order chi connectivity index (χ0) is 27.4. The molecule has 2 aromatic carbocycles. The maximum atomic E-state index is 14.0. The minimum atomic E-state index is -0.903. The van der Waals surface area contributed by atoms with Crippen LogP contribution < -0.4 is 5.32 Å². The SMILES string of the molecule is CCCC1(C(=O)O)CCC(NC(=O)c2c(C)c(-c3ccccc3)nc3ccc(Br)cc23)/C(=N/OC(C)C)C1. The number of aromatic nitrogens is 1. The summed E-state index contributed by atoms with van der Waals surface area (Å²) < 4.78 is 0.851. The molecule has 1 heterocycles. The molecule has 200 valence electrons. The molecule has 1 aromatic heterocycles. The number of oxime groups is 1. The molecule has 4 rings (SSSR count). The molecule has 1 fully saturated rings. The van der Waals surface area contributed by atoms with E-state index in [1.807, 2.05) is 76.2 Å². The van der Waals surface area contributed by atoms with Gasteiger partial charge in [-0.3, -0.25) is 9.59 Å². The lowest BCUT2D eigenvalue weighted by Crippen LogP contribution is -2.49. The highest BCUT2D eigenvalue weighted by atomic mass is 79.9. The zero-order valence-corrected chi connectivity index (χ0v) is 23.8. The van der Waals surface area contributed by atoms with Gasteiger partial charge >= 0.3 is 5.97 Å². The van der Waals surface area contributed by atoms with Crippen molar-refractivity contribution in [2.24, 2.45) is 10.6 Å². The van der Waals surface area contributed by atoms with Crippen LogP contribution in [0, 0.1) is 12.3 Å². The highest BCUT2D eigenvalue weighted by Gasteiger charge is 2.45. The fourth-order valence-electron chi connectivity index (χ4n) is 5.28. The maximum absolute atomic E-state index is 14.0. The number of nitrogens with zero attached hydrogens (tertiary/aromatic N) is 2. The average molecular weight is 581 g/mol. The predicted molar refractivity (Wildman–Crippen MR) is 153 cm³/mol. The Bertz CT molecular complexity index is 1370. The summed E-state index contributed by atoms with van der Waals surface area (Å²) in [7, 11) is 0. The molecule has 0 bridgehead atoms. The second-order valence-electron chi connectivity index (χ2n) is 10.3. The molecule has 0 aliphatic heterocycles. The summed E-state index contributed by atoms with van der Waals surface area (Å²) in [6.45, 7) is 7.64. The van der Waals surface area contributed by atoms with Crippen LogP contribution in [-0.4, -0.2) is 39.8 Å². The molecule has 1 saturated carbocycles. The van der Waals surface area contributed by atoms with Gasteiger partial charge in [-0.05, 0) is 63.8 Å². The third-order valence-electron chi connectivity index (χ3n) is 7.17. The maximum Gasteiger partial charge on any atom is 0.310 e. The van der Waals surface area contributed by atoms with Crippen molar-refractivity contribution in [1.82, 2.24) is 10.3 Å². The van der Waals surface area contributed by atoms with Gasteiger partial charge in [0.1, 0.15) is 6.10 Å². The van der Waals surface area contributed by atoms with Gasteiger partial charge in [0, 0.05) is 21.8 Å². The Morgan fingerprint density at radius 1 is 1.24 bits per heavy atom. The number of carboxylic acids is 1. The summed E-state index contributed by atoms with van der Waals surface area (Å²) in [6, 6.07) is 15.1. The summed E-state index contributed by atoms with van der Waals surface area (Å²) in [5, 5.41) is 18.4. The monoisotopic (exact) mass is 579 g/mol. The van der Waals surface area contributed by atoms with E-state index in [0.717, 1.165) is 38.6 Å². The minimum absolute atomic E-state index is 0.164. The molecular weight excluding hydrogens is 546 g/mol. The Hall–Kier alpha value is -3.26. The average Bonchev–Trinajstić information content (AvgIpc) is 2.88. The summed E-state index contributed by atoms with van der Waals surface area (Å²) >= 11 is 3.54. The first-order chi connectivity index (χ1) is 18.1. The van der Waals surface area contributed by atoms with Crippen LogP contribution in [0.5, 0.6) is 0 Å². The topological polar surface area (TPSA) is 101 Å². The van der Waals surface area contributed by atoms with Crippen molar-refractivity contribution in [3.05, 3.63) is 64.1 Å². The lowest BCUT2D eigenvalue weighted by atomic mass is 9.69. The molecule has 0 spiro atoms. The second kappa shape index (κ2) is 11.6. The van der Waals surface area contributed by atoms with Gasteiger partial charge in [-0.15, -0.1) is 0 Å². The molecule has 2 atom stereocenters. The molecule has 0 saturated heterocycles.